The molecule has 2 rings (SSSR count). The molecular formula is C14H14N2. The maximum absolute atomic E-state index is 8.93. The van der Waals surface area contributed by atoms with Crippen molar-refractivity contribution in [1.82, 2.24) is 4.57 Å². The molecule has 1 aromatic carbocycles. The summed E-state index contributed by atoms with van der Waals surface area (Å²) in [5, 5.41) is 8.93. The molecule has 2 aromatic rings. The molecule has 0 radical (unpaired) electrons. The predicted molar refractivity (Wildman–Crippen MR) is 65.0 cm³/mol. The second-order valence-electron chi connectivity index (χ2n) is 4.08. The van der Waals surface area contributed by atoms with E-state index < -0.39 is 0 Å². The van der Waals surface area contributed by atoms with Crippen LogP contribution in [-0.4, -0.2) is 4.57 Å². The maximum atomic E-state index is 8.93. The Labute approximate surface area is 95.8 Å². The first-order valence-electron chi connectivity index (χ1n) is 5.26. The number of aromatic nitrogens is 1. The van der Waals surface area contributed by atoms with Gasteiger partial charge < -0.3 is 4.57 Å². The summed E-state index contributed by atoms with van der Waals surface area (Å²) >= 11 is 0. The Bertz CT molecular complexity index is 571. The molecule has 1 aromatic heterocycles. The van der Waals surface area contributed by atoms with E-state index in [1.165, 1.54) is 16.7 Å². The minimum Gasteiger partial charge on any atom is -0.342 e. The van der Waals surface area contributed by atoms with Gasteiger partial charge in [0.25, 0.3) is 0 Å². The van der Waals surface area contributed by atoms with E-state index in [-0.39, 0.29) is 0 Å². The molecule has 16 heavy (non-hydrogen) atoms. The van der Waals surface area contributed by atoms with Gasteiger partial charge in [0.15, 0.2) is 0 Å². The molecule has 0 N–H and O–H groups in total. The summed E-state index contributed by atoms with van der Waals surface area (Å²) in [5.74, 6) is 0. The van der Waals surface area contributed by atoms with Crippen molar-refractivity contribution in [3.8, 4) is 17.2 Å². The lowest BCUT2D eigenvalue weighted by Crippen LogP contribution is -1.87. The highest BCUT2D eigenvalue weighted by molar-refractivity contribution is 5.69. The Balaban J connectivity index is 2.60. The Kier molecular flexibility index (Phi) is 2.54. The van der Waals surface area contributed by atoms with Crippen LogP contribution in [0.1, 0.15) is 16.8 Å². The smallest absolute Gasteiger partial charge is 0.120 e. The van der Waals surface area contributed by atoms with Gasteiger partial charge in [-0.05, 0) is 36.6 Å². The molecule has 0 aliphatic heterocycles. The summed E-state index contributed by atoms with van der Waals surface area (Å²) in [6.45, 7) is 4.22. The topological polar surface area (TPSA) is 28.7 Å². The van der Waals surface area contributed by atoms with Crippen molar-refractivity contribution in [3.63, 3.8) is 0 Å². The van der Waals surface area contributed by atoms with Gasteiger partial charge in [0.1, 0.15) is 11.8 Å². The number of hydrogen-bond donors (Lipinski definition) is 0. The number of hydrogen-bond acceptors (Lipinski definition) is 1. The van der Waals surface area contributed by atoms with Crippen LogP contribution in [0.2, 0.25) is 0 Å². The molecule has 0 amide bonds. The average molecular weight is 210 g/mol. The largest absolute Gasteiger partial charge is 0.342 e. The molecule has 2 heteroatoms. The highest BCUT2D eigenvalue weighted by atomic mass is 14.9. The first-order chi connectivity index (χ1) is 7.63. The summed E-state index contributed by atoms with van der Waals surface area (Å²) in [4.78, 5) is 0. The highest BCUT2D eigenvalue weighted by Crippen LogP contribution is 2.26. The number of rotatable bonds is 1. The van der Waals surface area contributed by atoms with E-state index in [4.69, 9.17) is 5.26 Å². The minimum absolute atomic E-state index is 0.691. The van der Waals surface area contributed by atoms with Gasteiger partial charge in [-0.3, -0.25) is 0 Å². The lowest BCUT2D eigenvalue weighted by atomic mass is 9.99. The SMILES string of the molecule is Cc1cccc(-c2cc(C#N)n(C)c2)c1C. The number of aryl methyl sites for hydroxylation is 2. The summed E-state index contributed by atoms with van der Waals surface area (Å²) in [5.41, 5.74) is 5.56. The van der Waals surface area contributed by atoms with E-state index in [1.54, 1.807) is 0 Å². The quantitative estimate of drug-likeness (QED) is 0.710. The predicted octanol–water partition coefficient (Wildman–Crippen LogP) is 3.18. The van der Waals surface area contributed by atoms with E-state index in [9.17, 15) is 0 Å². The molecule has 0 spiro atoms. The molecule has 2 nitrogen and oxygen atoms in total. The lowest BCUT2D eigenvalue weighted by Gasteiger charge is -2.06. The first kappa shape index (κ1) is 10.5. The van der Waals surface area contributed by atoms with Gasteiger partial charge in [-0.25, -0.2) is 0 Å². The van der Waals surface area contributed by atoms with E-state index in [1.807, 2.05) is 23.9 Å². The molecule has 0 atom stereocenters. The van der Waals surface area contributed by atoms with Crippen molar-refractivity contribution >= 4 is 0 Å². The summed E-state index contributed by atoms with van der Waals surface area (Å²) in [6, 6.07) is 10.4. The monoisotopic (exact) mass is 210 g/mol. The zero-order valence-corrected chi connectivity index (χ0v) is 9.78. The van der Waals surface area contributed by atoms with Crippen LogP contribution in [0, 0.1) is 25.2 Å². The Morgan fingerprint density at radius 2 is 2.00 bits per heavy atom. The van der Waals surface area contributed by atoms with Crippen molar-refractivity contribution in [1.29, 1.82) is 5.26 Å². The third kappa shape index (κ3) is 1.61. The molecular weight excluding hydrogens is 196 g/mol. The molecule has 0 fully saturated rings. The molecule has 0 saturated carbocycles. The molecule has 0 saturated heterocycles. The van der Waals surface area contributed by atoms with Gasteiger partial charge in [-0.1, -0.05) is 18.2 Å². The molecule has 0 bridgehead atoms. The molecule has 1 heterocycles. The maximum Gasteiger partial charge on any atom is 0.120 e. The Hall–Kier alpha value is -2.01. The van der Waals surface area contributed by atoms with Gasteiger partial charge in [-0.15, -0.1) is 0 Å². The molecule has 0 aliphatic rings. The molecule has 0 aliphatic carbocycles. The zero-order valence-electron chi connectivity index (χ0n) is 9.78. The van der Waals surface area contributed by atoms with Crippen LogP contribution in [0.3, 0.4) is 0 Å². The van der Waals surface area contributed by atoms with Crippen LogP contribution in [0.4, 0.5) is 0 Å². The standard InChI is InChI=1S/C14H14N2/c1-10-5-4-6-14(11(10)2)12-7-13(8-15)16(3)9-12/h4-7,9H,1-3H3. The van der Waals surface area contributed by atoms with Gasteiger partial charge >= 0.3 is 0 Å². The summed E-state index contributed by atoms with van der Waals surface area (Å²) in [7, 11) is 1.90. The van der Waals surface area contributed by atoms with Gasteiger partial charge in [0, 0.05) is 18.8 Å². The second kappa shape index (κ2) is 3.86. The van der Waals surface area contributed by atoms with Gasteiger partial charge in [0.2, 0.25) is 0 Å². The van der Waals surface area contributed by atoms with E-state index in [2.05, 4.69) is 38.1 Å². The van der Waals surface area contributed by atoms with Gasteiger partial charge in [0.05, 0.1) is 0 Å². The van der Waals surface area contributed by atoms with Crippen LogP contribution in [0.15, 0.2) is 30.5 Å². The summed E-state index contributed by atoms with van der Waals surface area (Å²) in [6.07, 6.45) is 2.00. The fourth-order valence-electron chi connectivity index (χ4n) is 1.89. The fraction of sp³-hybridized carbons (Fsp3) is 0.214. The van der Waals surface area contributed by atoms with Gasteiger partial charge in [-0.2, -0.15) is 5.26 Å². The molecule has 0 unspecified atom stereocenters. The fourth-order valence-corrected chi connectivity index (χ4v) is 1.89. The van der Waals surface area contributed by atoms with Crippen molar-refractivity contribution in [2.75, 3.05) is 0 Å². The lowest BCUT2D eigenvalue weighted by molar-refractivity contribution is 0.909. The number of benzene rings is 1. The normalized spacial score (nSPS) is 10.1. The van der Waals surface area contributed by atoms with Crippen LogP contribution >= 0.6 is 0 Å². The number of nitriles is 1. The van der Waals surface area contributed by atoms with Crippen molar-refractivity contribution in [2.24, 2.45) is 7.05 Å². The Morgan fingerprint density at radius 3 is 2.62 bits per heavy atom. The highest BCUT2D eigenvalue weighted by Gasteiger charge is 2.07. The zero-order chi connectivity index (χ0) is 11.7. The number of nitrogens with zero attached hydrogens (tertiary/aromatic N) is 2. The third-order valence-corrected chi connectivity index (χ3v) is 3.04. The molecule has 80 valence electrons. The van der Waals surface area contributed by atoms with Crippen LogP contribution in [-0.2, 0) is 7.05 Å². The van der Waals surface area contributed by atoms with E-state index >= 15 is 0 Å². The van der Waals surface area contributed by atoms with E-state index in [0.717, 1.165) is 5.56 Å². The van der Waals surface area contributed by atoms with E-state index in [0.29, 0.717) is 5.69 Å². The van der Waals surface area contributed by atoms with Crippen molar-refractivity contribution < 1.29 is 0 Å². The average Bonchev–Trinajstić information content (AvgIpc) is 2.63. The second-order valence-corrected chi connectivity index (χ2v) is 4.08. The van der Waals surface area contributed by atoms with Crippen LogP contribution in [0.25, 0.3) is 11.1 Å². The first-order valence-corrected chi connectivity index (χ1v) is 5.26. The van der Waals surface area contributed by atoms with Crippen molar-refractivity contribution in [2.45, 2.75) is 13.8 Å². The minimum atomic E-state index is 0.691. The van der Waals surface area contributed by atoms with Crippen molar-refractivity contribution in [3.05, 3.63) is 47.3 Å². The van der Waals surface area contributed by atoms with Crippen LogP contribution < -0.4 is 0 Å². The third-order valence-electron chi connectivity index (χ3n) is 3.04. The Morgan fingerprint density at radius 1 is 1.25 bits per heavy atom. The summed E-state index contributed by atoms with van der Waals surface area (Å²) < 4.78 is 1.86. The van der Waals surface area contributed by atoms with Crippen LogP contribution in [0.5, 0.6) is 0 Å².